The number of rotatable bonds is 10. The summed E-state index contributed by atoms with van der Waals surface area (Å²) in [5.74, 6) is 0. The van der Waals surface area contributed by atoms with E-state index in [0.29, 0.717) is 0 Å². The highest BCUT2D eigenvalue weighted by Crippen LogP contribution is 2.15. The summed E-state index contributed by atoms with van der Waals surface area (Å²) in [5.41, 5.74) is 0. The molecule has 0 aromatic carbocycles. The molecule has 0 aliphatic rings. The highest BCUT2D eigenvalue weighted by Gasteiger charge is 2.26. The molecule has 4 heteroatoms. The van der Waals surface area contributed by atoms with Crippen LogP contribution >= 0.6 is 0 Å². The van der Waals surface area contributed by atoms with Gasteiger partial charge in [-0.05, 0) is 6.42 Å². The molecule has 0 heterocycles. The van der Waals surface area contributed by atoms with Crippen LogP contribution < -0.4 is 0 Å². The zero-order valence-corrected chi connectivity index (χ0v) is 10.1. The van der Waals surface area contributed by atoms with E-state index in [-0.39, 0.29) is 6.61 Å². The fourth-order valence-corrected chi connectivity index (χ4v) is 1.53. The lowest BCUT2D eigenvalue weighted by Crippen LogP contribution is -2.17. The maximum absolute atomic E-state index is 11.7. The van der Waals surface area contributed by atoms with Crippen LogP contribution in [0.2, 0.25) is 0 Å². The van der Waals surface area contributed by atoms with Gasteiger partial charge in [0.25, 0.3) is 0 Å². The Bertz CT molecular complexity index is 146. The van der Waals surface area contributed by atoms with Crippen LogP contribution in [0.3, 0.4) is 0 Å². The first kappa shape index (κ1) is 15.8. The first-order valence-electron chi connectivity index (χ1n) is 6.20. The lowest BCUT2D eigenvalue weighted by molar-refractivity contribution is -0.174. The Morgan fingerprint density at radius 3 is 1.81 bits per heavy atom. The number of halogens is 3. The van der Waals surface area contributed by atoms with E-state index in [1.54, 1.807) is 0 Å². The number of hydrogen-bond donors (Lipinski definition) is 0. The van der Waals surface area contributed by atoms with E-state index in [1.165, 1.54) is 32.1 Å². The van der Waals surface area contributed by atoms with Gasteiger partial charge in [0, 0.05) is 6.61 Å². The summed E-state index contributed by atoms with van der Waals surface area (Å²) >= 11 is 0. The van der Waals surface area contributed by atoms with Crippen molar-refractivity contribution < 1.29 is 17.9 Å². The van der Waals surface area contributed by atoms with Crippen LogP contribution in [0.1, 0.15) is 58.3 Å². The SMILES string of the molecule is CCCCCCCCCCOCC(F)(F)F. The number of unbranched alkanes of at least 4 members (excludes halogenated alkanes) is 7. The van der Waals surface area contributed by atoms with E-state index in [0.717, 1.165) is 19.3 Å². The first-order valence-corrected chi connectivity index (χ1v) is 6.20. The molecular formula is C12H23F3O. The van der Waals surface area contributed by atoms with Gasteiger partial charge in [-0.1, -0.05) is 51.9 Å². The Hall–Kier alpha value is -0.250. The van der Waals surface area contributed by atoms with Crippen molar-refractivity contribution in [3.05, 3.63) is 0 Å². The summed E-state index contributed by atoms with van der Waals surface area (Å²) < 4.78 is 39.6. The van der Waals surface area contributed by atoms with Gasteiger partial charge in [-0.2, -0.15) is 13.2 Å². The van der Waals surface area contributed by atoms with Crippen LogP contribution in [-0.2, 0) is 4.74 Å². The monoisotopic (exact) mass is 240 g/mol. The minimum absolute atomic E-state index is 0.231. The Kier molecular flexibility index (Phi) is 9.78. The number of alkyl halides is 3. The van der Waals surface area contributed by atoms with Gasteiger partial charge in [0.2, 0.25) is 0 Å². The van der Waals surface area contributed by atoms with E-state index in [4.69, 9.17) is 0 Å². The summed E-state index contributed by atoms with van der Waals surface area (Å²) in [6.07, 6.45) is 4.89. The highest BCUT2D eigenvalue weighted by molar-refractivity contribution is 4.48. The van der Waals surface area contributed by atoms with Gasteiger partial charge in [-0.25, -0.2) is 0 Å². The van der Waals surface area contributed by atoms with Crippen LogP contribution in [-0.4, -0.2) is 19.4 Å². The topological polar surface area (TPSA) is 9.23 Å². The van der Waals surface area contributed by atoms with Crippen LogP contribution in [0.5, 0.6) is 0 Å². The number of ether oxygens (including phenoxy) is 1. The average molecular weight is 240 g/mol. The first-order chi connectivity index (χ1) is 7.56. The minimum Gasteiger partial charge on any atom is -0.372 e. The minimum atomic E-state index is -4.18. The molecular weight excluding hydrogens is 217 g/mol. The molecule has 1 nitrogen and oxygen atoms in total. The molecule has 0 saturated carbocycles. The third-order valence-corrected chi connectivity index (χ3v) is 2.41. The second kappa shape index (κ2) is 9.94. The summed E-state index contributed by atoms with van der Waals surface area (Å²) in [6.45, 7) is 1.30. The fraction of sp³-hybridized carbons (Fsp3) is 1.00. The molecule has 0 aromatic heterocycles. The lowest BCUT2D eigenvalue weighted by Gasteiger charge is -2.07. The molecule has 0 rings (SSSR count). The van der Waals surface area contributed by atoms with Gasteiger partial charge >= 0.3 is 6.18 Å². The van der Waals surface area contributed by atoms with E-state index in [9.17, 15) is 13.2 Å². The lowest BCUT2D eigenvalue weighted by atomic mass is 10.1. The van der Waals surface area contributed by atoms with Crippen LogP contribution in [0.25, 0.3) is 0 Å². The van der Waals surface area contributed by atoms with Gasteiger partial charge in [0.05, 0.1) is 0 Å². The molecule has 0 aromatic rings. The van der Waals surface area contributed by atoms with Crippen molar-refractivity contribution >= 4 is 0 Å². The molecule has 0 radical (unpaired) electrons. The molecule has 0 amide bonds. The van der Waals surface area contributed by atoms with Crippen molar-refractivity contribution in [3.8, 4) is 0 Å². The molecule has 0 saturated heterocycles. The average Bonchev–Trinajstić information content (AvgIpc) is 2.19. The quantitative estimate of drug-likeness (QED) is 0.503. The largest absolute Gasteiger partial charge is 0.411 e. The molecule has 0 fully saturated rings. The van der Waals surface area contributed by atoms with Gasteiger partial charge in [0.15, 0.2) is 0 Å². The summed E-state index contributed by atoms with van der Waals surface area (Å²) in [5, 5.41) is 0. The molecule has 0 unspecified atom stereocenters. The molecule has 0 atom stereocenters. The zero-order chi connectivity index (χ0) is 12.3. The normalized spacial score (nSPS) is 12.0. The van der Waals surface area contributed by atoms with Crippen molar-refractivity contribution in [1.29, 1.82) is 0 Å². The second-order valence-corrected chi connectivity index (χ2v) is 4.14. The van der Waals surface area contributed by atoms with Crippen molar-refractivity contribution in [1.82, 2.24) is 0 Å². The molecule has 0 aliphatic heterocycles. The van der Waals surface area contributed by atoms with Crippen LogP contribution in [0.15, 0.2) is 0 Å². The zero-order valence-electron chi connectivity index (χ0n) is 10.1. The third kappa shape index (κ3) is 13.8. The molecule has 0 N–H and O–H groups in total. The predicted molar refractivity (Wildman–Crippen MR) is 59.5 cm³/mol. The Morgan fingerprint density at radius 1 is 0.812 bits per heavy atom. The van der Waals surface area contributed by atoms with Gasteiger partial charge in [0.1, 0.15) is 6.61 Å². The summed E-state index contributed by atoms with van der Waals surface area (Å²) in [6, 6.07) is 0. The molecule has 0 bridgehead atoms. The molecule has 98 valence electrons. The molecule has 16 heavy (non-hydrogen) atoms. The van der Waals surface area contributed by atoms with Crippen molar-refractivity contribution in [3.63, 3.8) is 0 Å². The van der Waals surface area contributed by atoms with Crippen molar-refractivity contribution in [2.75, 3.05) is 13.2 Å². The van der Waals surface area contributed by atoms with E-state index >= 15 is 0 Å². The third-order valence-electron chi connectivity index (χ3n) is 2.41. The Balaban J connectivity index is 2.99. The molecule has 0 spiro atoms. The second-order valence-electron chi connectivity index (χ2n) is 4.14. The van der Waals surface area contributed by atoms with Crippen LogP contribution in [0, 0.1) is 0 Å². The van der Waals surface area contributed by atoms with Crippen LogP contribution in [0.4, 0.5) is 13.2 Å². The maximum atomic E-state index is 11.7. The summed E-state index contributed by atoms with van der Waals surface area (Å²) in [4.78, 5) is 0. The van der Waals surface area contributed by atoms with E-state index in [2.05, 4.69) is 11.7 Å². The fourth-order valence-electron chi connectivity index (χ4n) is 1.53. The predicted octanol–water partition coefficient (Wildman–Crippen LogP) is 4.71. The highest BCUT2D eigenvalue weighted by atomic mass is 19.4. The van der Waals surface area contributed by atoms with E-state index < -0.39 is 12.8 Å². The standard InChI is InChI=1S/C12H23F3O/c1-2-3-4-5-6-7-8-9-10-16-11-12(13,14)15/h2-11H2,1H3. The number of hydrogen-bond acceptors (Lipinski definition) is 1. The van der Waals surface area contributed by atoms with Crippen molar-refractivity contribution in [2.24, 2.45) is 0 Å². The Morgan fingerprint density at radius 2 is 1.31 bits per heavy atom. The van der Waals surface area contributed by atoms with Gasteiger partial charge in [-0.15, -0.1) is 0 Å². The maximum Gasteiger partial charge on any atom is 0.411 e. The smallest absolute Gasteiger partial charge is 0.372 e. The van der Waals surface area contributed by atoms with E-state index in [1.807, 2.05) is 0 Å². The molecule has 0 aliphatic carbocycles. The van der Waals surface area contributed by atoms with Crippen molar-refractivity contribution in [2.45, 2.75) is 64.5 Å². The summed E-state index contributed by atoms with van der Waals surface area (Å²) in [7, 11) is 0. The Labute approximate surface area is 96.4 Å². The van der Waals surface area contributed by atoms with Gasteiger partial charge in [-0.3, -0.25) is 0 Å². The van der Waals surface area contributed by atoms with Gasteiger partial charge < -0.3 is 4.74 Å².